The molecule has 0 radical (unpaired) electrons. The second kappa shape index (κ2) is 10.1. The van der Waals surface area contributed by atoms with Gasteiger partial charge in [0, 0.05) is 38.2 Å². The largest absolute Gasteiger partial charge is 0.308 e. The van der Waals surface area contributed by atoms with Gasteiger partial charge in [-0.15, -0.1) is 0 Å². The van der Waals surface area contributed by atoms with Crippen LogP contribution in [0, 0.1) is 0 Å². The van der Waals surface area contributed by atoms with Gasteiger partial charge in [0.25, 0.3) is 0 Å². The molecule has 3 heterocycles. The van der Waals surface area contributed by atoms with Gasteiger partial charge in [0.15, 0.2) is 5.82 Å². The summed E-state index contributed by atoms with van der Waals surface area (Å²) in [6.07, 6.45) is 0. The highest BCUT2D eigenvalue weighted by molar-refractivity contribution is 6.27. The molecule has 47 heavy (non-hydrogen) atoms. The molecular formula is C44H27N3. The van der Waals surface area contributed by atoms with Crippen LogP contribution in [-0.4, -0.2) is 14.4 Å². The third kappa shape index (κ3) is 3.93. The normalized spacial score (nSPS) is 11.8. The van der Waals surface area contributed by atoms with Gasteiger partial charge in [0.05, 0.1) is 27.9 Å². The number of hydrogen-bond acceptors (Lipinski definition) is 2. The lowest BCUT2D eigenvalue weighted by Gasteiger charge is -2.15. The first-order valence-electron chi connectivity index (χ1n) is 16.0. The lowest BCUT2D eigenvalue weighted by Crippen LogP contribution is -1.98. The van der Waals surface area contributed by atoms with Crippen molar-refractivity contribution in [3.63, 3.8) is 0 Å². The van der Waals surface area contributed by atoms with Crippen LogP contribution in [0.3, 0.4) is 0 Å². The molecule has 218 valence electrons. The van der Waals surface area contributed by atoms with Gasteiger partial charge < -0.3 is 4.40 Å². The van der Waals surface area contributed by atoms with Crippen LogP contribution >= 0.6 is 0 Å². The quantitative estimate of drug-likeness (QED) is 0.149. The smallest absolute Gasteiger partial charge is 0.160 e. The molecule has 0 aliphatic heterocycles. The standard InChI is InChI=1S/C44H27N3/c1-3-13-28(14-4-1)32-19-7-8-20-33(32)39-27-38(29-15-5-2-6-16-29)45-44(46-39)31-25-36-34-21-9-10-23-40(34)47-41-24-12-18-30-17-11-22-35(42(30)41)37(26-31)43(36)47/h1-27H. The molecule has 0 amide bonds. The number of para-hydroxylation sites is 1. The molecule has 0 atom stereocenters. The fourth-order valence-corrected chi connectivity index (χ4v) is 7.46. The van der Waals surface area contributed by atoms with E-state index in [1.54, 1.807) is 0 Å². The van der Waals surface area contributed by atoms with Crippen LogP contribution in [0.2, 0.25) is 0 Å². The number of aromatic nitrogens is 3. The van der Waals surface area contributed by atoms with E-state index in [4.69, 9.17) is 9.97 Å². The van der Waals surface area contributed by atoms with Crippen LogP contribution < -0.4 is 0 Å². The number of hydrogen-bond donors (Lipinski definition) is 0. The predicted molar refractivity (Wildman–Crippen MR) is 196 cm³/mol. The van der Waals surface area contributed by atoms with E-state index in [1.807, 2.05) is 6.07 Å². The van der Waals surface area contributed by atoms with Crippen molar-refractivity contribution in [2.24, 2.45) is 0 Å². The molecule has 0 unspecified atom stereocenters. The summed E-state index contributed by atoms with van der Waals surface area (Å²) >= 11 is 0. The van der Waals surface area contributed by atoms with Gasteiger partial charge in [-0.25, -0.2) is 9.97 Å². The maximum absolute atomic E-state index is 5.35. The molecule has 0 aliphatic rings. The summed E-state index contributed by atoms with van der Waals surface area (Å²) in [7, 11) is 0. The maximum atomic E-state index is 5.35. The van der Waals surface area contributed by atoms with Gasteiger partial charge in [0.1, 0.15) is 0 Å². The van der Waals surface area contributed by atoms with Crippen molar-refractivity contribution in [3.8, 4) is 45.0 Å². The Morgan fingerprint density at radius 2 is 0.979 bits per heavy atom. The summed E-state index contributed by atoms with van der Waals surface area (Å²) in [4.78, 5) is 10.6. The van der Waals surface area contributed by atoms with Crippen molar-refractivity contribution in [1.82, 2.24) is 14.4 Å². The molecule has 0 saturated carbocycles. The van der Waals surface area contributed by atoms with E-state index in [1.165, 1.54) is 48.9 Å². The zero-order chi connectivity index (χ0) is 30.9. The van der Waals surface area contributed by atoms with Crippen LogP contribution in [0.15, 0.2) is 164 Å². The monoisotopic (exact) mass is 597 g/mol. The molecule has 3 nitrogen and oxygen atoms in total. The number of pyridine rings is 1. The van der Waals surface area contributed by atoms with E-state index in [2.05, 4.69) is 162 Å². The van der Waals surface area contributed by atoms with Gasteiger partial charge in [-0.05, 0) is 52.2 Å². The van der Waals surface area contributed by atoms with E-state index in [0.29, 0.717) is 5.82 Å². The molecule has 0 bridgehead atoms. The Hall–Kier alpha value is -6.32. The van der Waals surface area contributed by atoms with E-state index < -0.39 is 0 Å². The second-order valence-electron chi connectivity index (χ2n) is 12.2. The summed E-state index contributed by atoms with van der Waals surface area (Å²) in [5.74, 6) is 0.713. The molecule has 3 heteroatoms. The minimum atomic E-state index is 0.713. The van der Waals surface area contributed by atoms with Crippen molar-refractivity contribution in [1.29, 1.82) is 0 Å². The Bertz CT molecular complexity index is 2770. The summed E-state index contributed by atoms with van der Waals surface area (Å²) in [6, 6.07) is 58.2. The fourth-order valence-electron chi connectivity index (χ4n) is 7.46. The highest BCUT2D eigenvalue weighted by atomic mass is 14.9. The first-order valence-corrected chi connectivity index (χ1v) is 16.0. The third-order valence-electron chi connectivity index (χ3n) is 9.52. The summed E-state index contributed by atoms with van der Waals surface area (Å²) < 4.78 is 2.45. The van der Waals surface area contributed by atoms with Gasteiger partial charge in [-0.1, -0.05) is 133 Å². The average Bonchev–Trinajstić information content (AvgIpc) is 3.49. The molecule has 0 fully saturated rings. The number of rotatable bonds is 4. The zero-order valence-electron chi connectivity index (χ0n) is 25.4. The van der Waals surface area contributed by atoms with Crippen molar-refractivity contribution < 1.29 is 0 Å². The summed E-state index contributed by atoms with van der Waals surface area (Å²) in [5.41, 5.74) is 10.9. The lowest BCUT2D eigenvalue weighted by atomic mass is 9.96. The van der Waals surface area contributed by atoms with Crippen molar-refractivity contribution in [3.05, 3.63) is 164 Å². The van der Waals surface area contributed by atoms with E-state index >= 15 is 0 Å². The molecule has 0 saturated heterocycles. The van der Waals surface area contributed by atoms with Gasteiger partial charge >= 0.3 is 0 Å². The Balaban J connectivity index is 1.31. The first-order chi connectivity index (χ1) is 23.3. The van der Waals surface area contributed by atoms with Crippen molar-refractivity contribution in [2.45, 2.75) is 0 Å². The third-order valence-corrected chi connectivity index (χ3v) is 9.52. The molecule has 10 aromatic rings. The van der Waals surface area contributed by atoms with E-state index in [-0.39, 0.29) is 0 Å². The number of nitrogens with zero attached hydrogens (tertiary/aromatic N) is 3. The molecule has 10 rings (SSSR count). The molecular weight excluding hydrogens is 571 g/mol. The van der Waals surface area contributed by atoms with Crippen LogP contribution in [0.4, 0.5) is 0 Å². The highest BCUT2D eigenvalue weighted by Crippen LogP contribution is 2.43. The zero-order valence-corrected chi connectivity index (χ0v) is 25.4. The highest BCUT2D eigenvalue weighted by Gasteiger charge is 2.20. The molecule has 0 N–H and O–H groups in total. The topological polar surface area (TPSA) is 30.2 Å². The van der Waals surface area contributed by atoms with Crippen LogP contribution in [0.1, 0.15) is 0 Å². The summed E-state index contributed by atoms with van der Waals surface area (Å²) in [5, 5.41) is 7.40. The fraction of sp³-hybridized carbons (Fsp3) is 0. The van der Waals surface area contributed by atoms with Gasteiger partial charge in [0.2, 0.25) is 0 Å². The Labute approximate surface area is 271 Å². The average molecular weight is 598 g/mol. The molecule has 0 spiro atoms. The van der Waals surface area contributed by atoms with E-state index in [9.17, 15) is 0 Å². The Morgan fingerprint density at radius 1 is 0.383 bits per heavy atom. The second-order valence-corrected chi connectivity index (χ2v) is 12.2. The van der Waals surface area contributed by atoms with E-state index in [0.717, 1.165) is 39.2 Å². The van der Waals surface area contributed by atoms with Gasteiger partial charge in [-0.2, -0.15) is 0 Å². The van der Waals surface area contributed by atoms with Crippen molar-refractivity contribution in [2.75, 3.05) is 0 Å². The molecule has 0 aliphatic carbocycles. The maximum Gasteiger partial charge on any atom is 0.160 e. The minimum absolute atomic E-state index is 0.713. The minimum Gasteiger partial charge on any atom is -0.308 e. The van der Waals surface area contributed by atoms with Crippen LogP contribution in [-0.2, 0) is 0 Å². The van der Waals surface area contributed by atoms with Gasteiger partial charge in [-0.3, -0.25) is 0 Å². The number of fused-ring (bicyclic) bond motifs is 5. The number of benzene rings is 7. The Morgan fingerprint density at radius 3 is 1.79 bits per heavy atom. The SMILES string of the molecule is c1ccc(-c2cc(-c3ccccc3-c3ccccc3)nc(-c3cc4c5cccc6cccc(c65)n5c6ccccc6c(c3)c45)n2)cc1. The molecule has 3 aromatic heterocycles. The predicted octanol–water partition coefficient (Wildman–Crippen LogP) is 11.4. The van der Waals surface area contributed by atoms with Crippen LogP contribution in [0.25, 0.3) is 93.9 Å². The summed E-state index contributed by atoms with van der Waals surface area (Å²) in [6.45, 7) is 0. The lowest BCUT2D eigenvalue weighted by molar-refractivity contribution is 1.18. The first kappa shape index (κ1) is 26.0. The van der Waals surface area contributed by atoms with Crippen molar-refractivity contribution >= 4 is 48.9 Å². The molecule has 7 aromatic carbocycles. The Kier molecular flexibility index (Phi) is 5.57. The van der Waals surface area contributed by atoms with Crippen LogP contribution in [0.5, 0.6) is 0 Å².